The molecule has 1 saturated heterocycles. The molecule has 9 heteroatoms. The predicted octanol–water partition coefficient (Wildman–Crippen LogP) is 4.63. The van der Waals surface area contributed by atoms with Gasteiger partial charge in [-0.3, -0.25) is 15.1 Å². The van der Waals surface area contributed by atoms with Crippen molar-refractivity contribution in [3.63, 3.8) is 0 Å². The second-order valence-electron chi connectivity index (χ2n) is 9.13. The molecule has 2 heterocycles. The van der Waals surface area contributed by atoms with Gasteiger partial charge in [0, 0.05) is 48.8 Å². The Kier molecular flexibility index (Phi) is 7.00. The van der Waals surface area contributed by atoms with Crippen LogP contribution >= 0.6 is 11.6 Å². The summed E-state index contributed by atoms with van der Waals surface area (Å²) in [7, 11) is 1.64. The number of carbonyl (C=O) groups excluding carboxylic acids is 1. The fourth-order valence-electron chi connectivity index (χ4n) is 4.56. The number of nitrogens with one attached hydrogen (secondary N) is 2. The van der Waals surface area contributed by atoms with Crippen LogP contribution in [0.3, 0.4) is 0 Å². The van der Waals surface area contributed by atoms with Gasteiger partial charge in [-0.25, -0.2) is 0 Å². The molecule has 1 amide bonds. The van der Waals surface area contributed by atoms with E-state index in [9.17, 15) is 9.90 Å². The number of aliphatic hydroxyl groups excluding tert-OH is 1. The number of carbonyl (C=O) groups is 1. The topological polar surface area (TPSA) is 96.0 Å². The quantitative estimate of drug-likeness (QED) is 0.286. The minimum absolute atomic E-state index is 0.0615. The zero-order valence-electron chi connectivity index (χ0n) is 20.0. The first-order valence-electron chi connectivity index (χ1n) is 12.0. The van der Waals surface area contributed by atoms with Crippen molar-refractivity contribution in [1.29, 1.82) is 0 Å². The maximum atomic E-state index is 12.1. The van der Waals surface area contributed by atoms with Crippen LogP contribution in [0.2, 0.25) is 5.02 Å². The number of ether oxygens (including phenoxy) is 2. The Morgan fingerprint density at radius 3 is 2.81 bits per heavy atom. The number of hydrogen-bond donors (Lipinski definition) is 3. The highest BCUT2D eigenvalue weighted by molar-refractivity contribution is 6.33. The number of methoxy groups -OCH3 is 1. The second kappa shape index (κ2) is 10.3. The highest BCUT2D eigenvalue weighted by Gasteiger charge is 2.29. The molecule has 2 aromatic carbocycles. The van der Waals surface area contributed by atoms with Gasteiger partial charge in [-0.05, 0) is 55.2 Å². The zero-order valence-corrected chi connectivity index (χ0v) is 20.8. The Morgan fingerprint density at radius 2 is 2.08 bits per heavy atom. The highest BCUT2D eigenvalue weighted by atomic mass is 35.5. The van der Waals surface area contributed by atoms with Gasteiger partial charge in [0.15, 0.2) is 6.35 Å². The summed E-state index contributed by atoms with van der Waals surface area (Å²) < 4.78 is 11.9. The van der Waals surface area contributed by atoms with Crippen LogP contribution in [0.4, 0.5) is 5.69 Å². The van der Waals surface area contributed by atoms with Crippen LogP contribution in [0, 0.1) is 0 Å². The van der Waals surface area contributed by atoms with Gasteiger partial charge < -0.3 is 24.8 Å². The molecule has 1 aliphatic heterocycles. The van der Waals surface area contributed by atoms with Crippen molar-refractivity contribution in [1.82, 2.24) is 15.2 Å². The standard InChI is InChI=1S/C27H29ClN4O4/c1-3-26(33)32-11-9-16(15-32)19-13-20-23(14-25(19)35-2)29-10-8-24(20)36-18-6-7-22(21(28)12-18)31-27(34)30-17-4-5-17/h3,6-8,10,12-14,16-17,27,30-31,34H,1,4-5,9,11,15H2,2H3. The average molecular weight is 509 g/mol. The molecule has 188 valence electrons. The van der Waals surface area contributed by atoms with E-state index in [1.807, 2.05) is 18.2 Å². The minimum atomic E-state index is -0.868. The summed E-state index contributed by atoms with van der Waals surface area (Å²) >= 11 is 6.46. The SMILES string of the molecule is C=CC(=O)N1CCC(c2cc3c(Oc4ccc(NC(O)NC5CC5)c(Cl)c4)ccnc3cc2OC)C1. The number of amides is 1. The largest absolute Gasteiger partial charge is 0.496 e. The third-order valence-electron chi connectivity index (χ3n) is 6.60. The lowest BCUT2D eigenvalue weighted by atomic mass is 9.95. The molecule has 8 nitrogen and oxygen atoms in total. The number of benzene rings is 2. The number of rotatable bonds is 9. The molecule has 2 aliphatic rings. The molecule has 0 bridgehead atoms. The fraction of sp³-hybridized carbons (Fsp3) is 0.333. The number of fused-ring (bicyclic) bond motifs is 1. The van der Waals surface area contributed by atoms with Crippen LogP contribution in [0.25, 0.3) is 10.9 Å². The van der Waals surface area contributed by atoms with E-state index >= 15 is 0 Å². The molecule has 0 spiro atoms. The van der Waals surface area contributed by atoms with Crippen LogP contribution in [-0.4, -0.2) is 53.5 Å². The first-order chi connectivity index (χ1) is 17.4. The Hall–Kier alpha value is -3.33. The van der Waals surface area contributed by atoms with Crippen molar-refractivity contribution in [3.8, 4) is 17.2 Å². The van der Waals surface area contributed by atoms with Crippen LogP contribution in [0.15, 0.2) is 55.3 Å². The van der Waals surface area contributed by atoms with Gasteiger partial charge in [0.1, 0.15) is 17.2 Å². The normalized spacial score (nSPS) is 18.2. The summed E-state index contributed by atoms with van der Waals surface area (Å²) in [5.74, 6) is 2.00. The smallest absolute Gasteiger partial charge is 0.245 e. The van der Waals surface area contributed by atoms with Gasteiger partial charge in [-0.1, -0.05) is 18.2 Å². The Balaban J connectivity index is 1.39. The monoisotopic (exact) mass is 508 g/mol. The average Bonchev–Trinajstić information content (AvgIpc) is 3.55. The van der Waals surface area contributed by atoms with Gasteiger partial charge in [0.2, 0.25) is 5.91 Å². The van der Waals surface area contributed by atoms with E-state index in [1.165, 1.54) is 6.08 Å². The minimum Gasteiger partial charge on any atom is -0.496 e. The summed E-state index contributed by atoms with van der Waals surface area (Å²) in [6.45, 7) is 4.88. The van der Waals surface area contributed by atoms with Gasteiger partial charge in [-0.15, -0.1) is 0 Å². The fourth-order valence-corrected chi connectivity index (χ4v) is 4.78. The van der Waals surface area contributed by atoms with E-state index < -0.39 is 6.35 Å². The van der Waals surface area contributed by atoms with Crippen molar-refractivity contribution < 1.29 is 19.4 Å². The van der Waals surface area contributed by atoms with Gasteiger partial charge in [0.25, 0.3) is 0 Å². The molecule has 2 unspecified atom stereocenters. The predicted molar refractivity (Wildman–Crippen MR) is 140 cm³/mol. The lowest BCUT2D eigenvalue weighted by Gasteiger charge is -2.19. The number of pyridine rings is 1. The number of aromatic nitrogens is 1. The lowest BCUT2D eigenvalue weighted by Crippen LogP contribution is -2.37. The molecule has 36 heavy (non-hydrogen) atoms. The highest BCUT2D eigenvalue weighted by Crippen LogP contribution is 2.40. The van der Waals surface area contributed by atoms with Crippen molar-refractivity contribution >= 4 is 34.1 Å². The number of nitrogens with zero attached hydrogens (tertiary/aromatic N) is 2. The zero-order chi connectivity index (χ0) is 25.2. The van der Waals surface area contributed by atoms with Crippen LogP contribution < -0.4 is 20.1 Å². The molecule has 1 aromatic heterocycles. The molecule has 1 saturated carbocycles. The summed E-state index contributed by atoms with van der Waals surface area (Å²) in [5.41, 5.74) is 2.36. The lowest BCUT2D eigenvalue weighted by molar-refractivity contribution is -0.125. The molecule has 0 radical (unpaired) electrons. The summed E-state index contributed by atoms with van der Waals surface area (Å²) in [5, 5.41) is 17.4. The maximum absolute atomic E-state index is 12.1. The molecular formula is C27H29ClN4O4. The van der Waals surface area contributed by atoms with Crippen molar-refractivity contribution in [2.24, 2.45) is 0 Å². The Labute approximate surface area is 214 Å². The van der Waals surface area contributed by atoms with Crippen LogP contribution in [0.1, 0.15) is 30.7 Å². The third-order valence-corrected chi connectivity index (χ3v) is 6.91. The molecule has 2 atom stereocenters. The van der Waals surface area contributed by atoms with Crippen molar-refractivity contribution in [2.45, 2.75) is 37.6 Å². The number of hydrogen-bond acceptors (Lipinski definition) is 7. The van der Waals surface area contributed by atoms with Gasteiger partial charge >= 0.3 is 0 Å². The van der Waals surface area contributed by atoms with E-state index in [0.29, 0.717) is 41.3 Å². The van der Waals surface area contributed by atoms with Crippen LogP contribution in [-0.2, 0) is 4.79 Å². The van der Waals surface area contributed by atoms with E-state index in [2.05, 4.69) is 22.2 Å². The number of halogens is 1. The number of aliphatic hydroxyl groups is 1. The van der Waals surface area contributed by atoms with Crippen LogP contribution in [0.5, 0.6) is 17.2 Å². The van der Waals surface area contributed by atoms with E-state index in [0.717, 1.165) is 41.5 Å². The maximum Gasteiger partial charge on any atom is 0.245 e. The summed E-state index contributed by atoms with van der Waals surface area (Å²) in [4.78, 5) is 18.4. The molecular weight excluding hydrogens is 480 g/mol. The number of anilines is 1. The van der Waals surface area contributed by atoms with Gasteiger partial charge in [-0.2, -0.15) is 0 Å². The Bertz CT molecular complexity index is 1300. The Morgan fingerprint density at radius 1 is 1.25 bits per heavy atom. The number of likely N-dealkylation sites (tertiary alicyclic amines) is 1. The second-order valence-corrected chi connectivity index (χ2v) is 9.53. The summed E-state index contributed by atoms with van der Waals surface area (Å²) in [6.07, 6.45) is 5.15. The molecule has 3 aromatic rings. The van der Waals surface area contributed by atoms with Gasteiger partial charge in [0.05, 0.1) is 23.3 Å². The molecule has 2 fully saturated rings. The van der Waals surface area contributed by atoms with E-state index in [4.69, 9.17) is 21.1 Å². The third kappa shape index (κ3) is 5.26. The van der Waals surface area contributed by atoms with Crippen molar-refractivity contribution in [2.75, 3.05) is 25.5 Å². The van der Waals surface area contributed by atoms with E-state index in [1.54, 1.807) is 36.4 Å². The molecule has 3 N–H and O–H groups in total. The molecule has 5 rings (SSSR count). The molecule has 1 aliphatic carbocycles. The first kappa shape index (κ1) is 24.4. The summed E-state index contributed by atoms with van der Waals surface area (Å²) in [6, 6.07) is 11.4. The van der Waals surface area contributed by atoms with Crippen molar-refractivity contribution in [3.05, 3.63) is 65.8 Å². The van der Waals surface area contributed by atoms with E-state index in [-0.39, 0.29) is 11.8 Å². The first-order valence-corrected chi connectivity index (χ1v) is 12.4.